The lowest BCUT2D eigenvalue weighted by atomic mass is 9.85. The van der Waals surface area contributed by atoms with Gasteiger partial charge in [-0.2, -0.15) is 0 Å². The maximum atomic E-state index is 12.7. The fourth-order valence-corrected chi connectivity index (χ4v) is 4.93. The lowest BCUT2D eigenvalue weighted by molar-refractivity contribution is 0.0610. The Kier molecular flexibility index (Phi) is 6.22. The van der Waals surface area contributed by atoms with Crippen LogP contribution < -0.4 is 4.74 Å². The van der Waals surface area contributed by atoms with Gasteiger partial charge in [-0.3, -0.25) is 0 Å². The Labute approximate surface area is 188 Å². The van der Waals surface area contributed by atoms with E-state index >= 15 is 0 Å². The summed E-state index contributed by atoms with van der Waals surface area (Å²) < 4.78 is 31.3. The van der Waals surface area contributed by atoms with Gasteiger partial charge < -0.3 is 14.9 Å². The van der Waals surface area contributed by atoms with Crippen LogP contribution in [0.5, 0.6) is 17.2 Å². The number of hydrogen-bond acceptors (Lipinski definition) is 5. The molecule has 0 heterocycles. The van der Waals surface area contributed by atoms with Gasteiger partial charge in [-0.1, -0.05) is 24.3 Å². The molecule has 0 aromatic heterocycles. The fourth-order valence-electron chi connectivity index (χ4n) is 3.67. The fraction of sp³-hybridized carbons (Fsp3) is 0.231. The van der Waals surface area contributed by atoms with Gasteiger partial charge in [-0.15, -0.1) is 0 Å². The van der Waals surface area contributed by atoms with E-state index in [9.17, 15) is 18.6 Å². The summed E-state index contributed by atoms with van der Waals surface area (Å²) in [5, 5.41) is 19.9. The van der Waals surface area contributed by atoms with Crippen molar-refractivity contribution in [2.45, 2.75) is 47.5 Å². The van der Waals surface area contributed by atoms with Gasteiger partial charge in [0.25, 0.3) is 0 Å². The minimum Gasteiger partial charge on any atom is -0.508 e. The van der Waals surface area contributed by atoms with E-state index < -0.39 is 15.4 Å². The molecule has 1 aliphatic carbocycles. The number of rotatable bonds is 4. The van der Waals surface area contributed by atoms with Crippen molar-refractivity contribution in [3.8, 4) is 29.1 Å². The monoisotopic (exact) mass is 448 g/mol. The number of phenolic OH excluding ortho intramolecular Hbond substituents is 1. The standard InChI is InChI=1S/C26H24O5S/c27-21-7-11-24(12-8-21)32(29,30)25-13-9-22(10-14-25)31-23-6-4-5-20(19-23)15-18-26(28)16-2-1-3-17-26/h4-14,19,27-28H,1-3,16-17H2. The smallest absolute Gasteiger partial charge is 0.206 e. The first kappa shape index (κ1) is 21.9. The molecule has 1 aliphatic rings. The summed E-state index contributed by atoms with van der Waals surface area (Å²) in [6.07, 6.45) is 4.53. The number of aliphatic hydroxyl groups is 1. The van der Waals surface area contributed by atoms with Crippen molar-refractivity contribution in [1.29, 1.82) is 0 Å². The second-order valence-corrected chi connectivity index (χ2v) is 9.89. The van der Waals surface area contributed by atoms with Gasteiger partial charge in [0.15, 0.2) is 0 Å². The van der Waals surface area contributed by atoms with E-state index in [1.807, 2.05) is 12.1 Å². The second kappa shape index (κ2) is 9.07. The molecule has 2 N–H and O–H groups in total. The Bertz CT molecular complexity index is 1240. The molecule has 164 valence electrons. The van der Waals surface area contributed by atoms with Crippen molar-refractivity contribution in [2.24, 2.45) is 0 Å². The molecule has 6 heteroatoms. The molecule has 0 radical (unpaired) electrons. The van der Waals surface area contributed by atoms with Gasteiger partial charge in [-0.25, -0.2) is 8.42 Å². The number of phenols is 1. The summed E-state index contributed by atoms with van der Waals surface area (Å²) in [4.78, 5) is 0.241. The zero-order valence-electron chi connectivity index (χ0n) is 17.5. The largest absolute Gasteiger partial charge is 0.508 e. The van der Waals surface area contributed by atoms with Gasteiger partial charge in [0.05, 0.1) is 9.79 Å². The second-order valence-electron chi connectivity index (χ2n) is 7.94. The highest BCUT2D eigenvalue weighted by Gasteiger charge is 2.26. The van der Waals surface area contributed by atoms with E-state index in [-0.39, 0.29) is 15.5 Å². The highest BCUT2D eigenvalue weighted by molar-refractivity contribution is 7.91. The molecule has 0 bridgehead atoms. The van der Waals surface area contributed by atoms with Crippen LogP contribution in [0.25, 0.3) is 0 Å². The maximum absolute atomic E-state index is 12.7. The SMILES string of the molecule is O=S(=O)(c1ccc(O)cc1)c1ccc(Oc2cccc(C#CC3(O)CCCCC3)c2)cc1. The molecule has 0 unspecified atom stereocenters. The minimum absolute atomic E-state index is 0.00696. The van der Waals surface area contributed by atoms with Crippen LogP contribution >= 0.6 is 0 Å². The summed E-state index contributed by atoms with van der Waals surface area (Å²) >= 11 is 0. The first-order valence-electron chi connectivity index (χ1n) is 10.5. The van der Waals surface area contributed by atoms with Gasteiger partial charge in [0.1, 0.15) is 22.8 Å². The van der Waals surface area contributed by atoms with Crippen LogP contribution in [0, 0.1) is 11.8 Å². The summed E-state index contributed by atoms with van der Waals surface area (Å²) in [5.74, 6) is 7.14. The van der Waals surface area contributed by atoms with Crippen molar-refractivity contribution < 1.29 is 23.4 Å². The molecule has 4 rings (SSSR count). The molecule has 0 aliphatic heterocycles. The predicted molar refractivity (Wildman–Crippen MR) is 121 cm³/mol. The summed E-state index contributed by atoms with van der Waals surface area (Å²) in [6, 6.07) is 18.8. The highest BCUT2D eigenvalue weighted by Crippen LogP contribution is 2.29. The van der Waals surface area contributed by atoms with Crippen LogP contribution in [-0.4, -0.2) is 24.2 Å². The normalized spacial score (nSPS) is 15.4. The molecule has 3 aromatic rings. The summed E-state index contributed by atoms with van der Waals surface area (Å²) in [6.45, 7) is 0. The van der Waals surface area contributed by atoms with E-state index in [1.54, 1.807) is 24.3 Å². The number of sulfone groups is 1. The zero-order valence-corrected chi connectivity index (χ0v) is 18.3. The Morgan fingerprint density at radius 3 is 2.09 bits per heavy atom. The average Bonchev–Trinajstić information content (AvgIpc) is 2.79. The number of ether oxygens (including phenoxy) is 1. The van der Waals surface area contributed by atoms with Crippen LogP contribution in [-0.2, 0) is 9.84 Å². The van der Waals surface area contributed by atoms with Gasteiger partial charge >= 0.3 is 0 Å². The molecule has 5 nitrogen and oxygen atoms in total. The maximum Gasteiger partial charge on any atom is 0.206 e. The molecule has 3 aromatic carbocycles. The van der Waals surface area contributed by atoms with Gasteiger partial charge in [-0.05, 0) is 92.4 Å². The molecule has 1 fully saturated rings. The molecule has 32 heavy (non-hydrogen) atoms. The molecular weight excluding hydrogens is 424 g/mol. The molecule has 0 saturated heterocycles. The third kappa shape index (κ3) is 5.13. The number of aromatic hydroxyl groups is 1. The van der Waals surface area contributed by atoms with Crippen LogP contribution in [0.4, 0.5) is 0 Å². The predicted octanol–water partition coefficient (Wildman–Crippen LogP) is 5.06. The van der Waals surface area contributed by atoms with Crippen LogP contribution in [0.1, 0.15) is 37.7 Å². The first-order chi connectivity index (χ1) is 15.3. The number of benzene rings is 3. The molecular formula is C26H24O5S. The Hall–Kier alpha value is -3.27. The average molecular weight is 449 g/mol. The zero-order chi connectivity index (χ0) is 22.6. The Balaban J connectivity index is 1.48. The van der Waals surface area contributed by atoms with Crippen molar-refractivity contribution in [1.82, 2.24) is 0 Å². The summed E-state index contributed by atoms with van der Waals surface area (Å²) in [7, 11) is -3.68. The number of hydrogen-bond donors (Lipinski definition) is 2. The lowest BCUT2D eigenvalue weighted by Gasteiger charge is -2.26. The van der Waals surface area contributed by atoms with E-state index in [1.165, 1.54) is 36.4 Å². The van der Waals surface area contributed by atoms with E-state index in [0.29, 0.717) is 24.3 Å². The van der Waals surface area contributed by atoms with Crippen LogP contribution in [0.3, 0.4) is 0 Å². The lowest BCUT2D eigenvalue weighted by Crippen LogP contribution is -2.29. The third-order valence-electron chi connectivity index (χ3n) is 5.47. The van der Waals surface area contributed by atoms with Gasteiger partial charge in [0, 0.05) is 5.56 Å². The van der Waals surface area contributed by atoms with Gasteiger partial charge in [0.2, 0.25) is 9.84 Å². The van der Waals surface area contributed by atoms with E-state index in [0.717, 1.165) is 24.8 Å². The van der Waals surface area contributed by atoms with Crippen LogP contribution in [0.15, 0.2) is 82.6 Å². The summed E-state index contributed by atoms with van der Waals surface area (Å²) in [5.41, 5.74) is -0.165. The van der Waals surface area contributed by atoms with Crippen molar-refractivity contribution in [2.75, 3.05) is 0 Å². The van der Waals surface area contributed by atoms with E-state index in [2.05, 4.69) is 11.8 Å². The van der Waals surface area contributed by atoms with E-state index in [4.69, 9.17) is 4.74 Å². The van der Waals surface area contributed by atoms with Crippen molar-refractivity contribution >= 4 is 9.84 Å². The molecule has 0 spiro atoms. The minimum atomic E-state index is -3.68. The third-order valence-corrected chi connectivity index (χ3v) is 7.26. The highest BCUT2D eigenvalue weighted by atomic mass is 32.2. The molecule has 0 atom stereocenters. The van der Waals surface area contributed by atoms with Crippen molar-refractivity contribution in [3.05, 3.63) is 78.4 Å². The first-order valence-corrected chi connectivity index (χ1v) is 12.0. The molecule has 0 amide bonds. The van der Waals surface area contributed by atoms with Crippen molar-refractivity contribution in [3.63, 3.8) is 0 Å². The molecule has 1 saturated carbocycles. The topological polar surface area (TPSA) is 83.8 Å². The quantitative estimate of drug-likeness (QED) is 0.545. The van der Waals surface area contributed by atoms with Crippen LogP contribution in [0.2, 0.25) is 0 Å². The Morgan fingerprint density at radius 1 is 0.812 bits per heavy atom. The Morgan fingerprint density at radius 2 is 1.44 bits per heavy atom.